The molecule has 0 bridgehead atoms. The molecule has 2 atom stereocenters. The van der Waals surface area contributed by atoms with Crippen LogP contribution in [-0.2, 0) is 20.9 Å². The number of aryl methyl sites for hydroxylation is 2. The van der Waals surface area contributed by atoms with E-state index in [9.17, 15) is 8.42 Å². The molecule has 0 aromatic heterocycles. The fraction of sp³-hybridized carbons (Fsp3) is 0.478. The van der Waals surface area contributed by atoms with Gasteiger partial charge in [-0.2, -0.15) is 0 Å². The third-order valence-corrected chi connectivity index (χ3v) is 8.96. The molecule has 154 valence electrons. The molecule has 0 fully saturated rings. The lowest BCUT2D eigenvalue weighted by Gasteiger charge is -2.17. The third kappa shape index (κ3) is 6.94. The van der Waals surface area contributed by atoms with Gasteiger partial charge < -0.3 is 0 Å². The molecule has 0 aliphatic heterocycles. The number of sulfonamides is 1. The molecule has 0 saturated heterocycles. The smallest absolute Gasteiger partial charge is 0.207 e. The average Bonchev–Trinajstić information content (AvgIpc) is 2.68. The summed E-state index contributed by atoms with van der Waals surface area (Å²) in [6.07, 6.45) is 8.10. The van der Waals surface area contributed by atoms with Crippen LogP contribution in [0.5, 0.6) is 0 Å². The van der Waals surface area contributed by atoms with E-state index in [-0.39, 0.29) is 10.9 Å². The molecule has 28 heavy (non-hydrogen) atoms. The highest BCUT2D eigenvalue weighted by molar-refractivity contribution is 7.97. The SMILES string of the molecule is CCCCCC[C@@H](CNS(=O)(=O)c1ccc(C)cc1)[S+](C)c1ccc(C)cc1. The van der Waals surface area contributed by atoms with Gasteiger partial charge in [0, 0.05) is 10.9 Å². The predicted molar refractivity (Wildman–Crippen MR) is 122 cm³/mol. The molecular formula is C23H34NO2S2+. The molecule has 2 aromatic carbocycles. The van der Waals surface area contributed by atoms with Crippen LogP contribution in [0, 0.1) is 13.8 Å². The molecule has 3 nitrogen and oxygen atoms in total. The van der Waals surface area contributed by atoms with Crippen molar-refractivity contribution in [3.05, 3.63) is 59.7 Å². The zero-order valence-electron chi connectivity index (χ0n) is 17.6. The van der Waals surface area contributed by atoms with Crippen LogP contribution in [0.4, 0.5) is 0 Å². The molecule has 0 amide bonds. The molecule has 0 aliphatic carbocycles. The Morgan fingerprint density at radius 3 is 2.04 bits per heavy atom. The molecule has 0 saturated carbocycles. The Labute approximate surface area is 174 Å². The largest absolute Gasteiger partial charge is 0.240 e. The maximum atomic E-state index is 12.7. The predicted octanol–water partition coefficient (Wildman–Crippen LogP) is 5.23. The number of unbranched alkanes of at least 4 members (excludes halogenated alkanes) is 3. The molecule has 0 heterocycles. The number of benzene rings is 2. The lowest BCUT2D eigenvalue weighted by atomic mass is 10.1. The molecule has 2 rings (SSSR count). The van der Waals surface area contributed by atoms with Crippen LogP contribution in [0.3, 0.4) is 0 Å². The fourth-order valence-electron chi connectivity index (χ4n) is 3.15. The van der Waals surface area contributed by atoms with Gasteiger partial charge in [0.05, 0.1) is 11.4 Å². The number of hydrogen-bond donors (Lipinski definition) is 1. The summed E-state index contributed by atoms with van der Waals surface area (Å²) < 4.78 is 28.3. The first-order chi connectivity index (χ1) is 13.3. The first kappa shape index (κ1) is 23.0. The van der Waals surface area contributed by atoms with Crippen molar-refractivity contribution in [1.29, 1.82) is 0 Å². The second-order valence-corrected chi connectivity index (χ2v) is 11.5. The third-order valence-electron chi connectivity index (χ3n) is 5.10. The van der Waals surface area contributed by atoms with E-state index in [1.165, 1.54) is 29.7 Å². The summed E-state index contributed by atoms with van der Waals surface area (Å²) in [4.78, 5) is 1.65. The van der Waals surface area contributed by atoms with Crippen LogP contribution in [-0.4, -0.2) is 26.5 Å². The summed E-state index contributed by atoms with van der Waals surface area (Å²) >= 11 is 0. The summed E-state index contributed by atoms with van der Waals surface area (Å²) in [6, 6.07) is 15.7. The van der Waals surface area contributed by atoms with Crippen LogP contribution in [0.1, 0.15) is 50.2 Å². The lowest BCUT2D eigenvalue weighted by molar-refractivity contribution is 0.570. The number of hydrogen-bond acceptors (Lipinski definition) is 2. The molecular weight excluding hydrogens is 386 g/mol. The van der Waals surface area contributed by atoms with Gasteiger partial charge in [0.1, 0.15) is 11.5 Å². The second-order valence-electron chi connectivity index (χ2n) is 7.51. The van der Waals surface area contributed by atoms with Crippen LogP contribution in [0.2, 0.25) is 0 Å². The van der Waals surface area contributed by atoms with Crippen LogP contribution in [0.25, 0.3) is 0 Å². The van der Waals surface area contributed by atoms with E-state index in [0.29, 0.717) is 16.7 Å². The van der Waals surface area contributed by atoms with E-state index < -0.39 is 10.0 Å². The van der Waals surface area contributed by atoms with Gasteiger partial charge in [0.25, 0.3) is 0 Å². The summed E-state index contributed by atoms with van der Waals surface area (Å²) in [5, 5.41) is 0.305. The maximum absolute atomic E-state index is 12.7. The first-order valence-electron chi connectivity index (χ1n) is 10.1. The minimum absolute atomic E-state index is 0.00658. The van der Waals surface area contributed by atoms with Gasteiger partial charge in [-0.25, -0.2) is 13.1 Å². The normalized spacial score (nSPS) is 14.0. The van der Waals surface area contributed by atoms with Crippen molar-refractivity contribution in [1.82, 2.24) is 4.72 Å². The van der Waals surface area contributed by atoms with Crippen LogP contribution < -0.4 is 4.72 Å². The second kappa shape index (κ2) is 11.0. The van der Waals surface area contributed by atoms with Crippen molar-refractivity contribution >= 4 is 20.9 Å². The molecule has 0 radical (unpaired) electrons. The lowest BCUT2D eigenvalue weighted by Crippen LogP contribution is -2.36. The Kier molecular flexibility index (Phi) is 9.06. The highest BCUT2D eigenvalue weighted by Crippen LogP contribution is 2.22. The Morgan fingerprint density at radius 2 is 1.46 bits per heavy atom. The van der Waals surface area contributed by atoms with Crippen LogP contribution in [0.15, 0.2) is 58.3 Å². The van der Waals surface area contributed by atoms with E-state index in [4.69, 9.17) is 0 Å². The van der Waals surface area contributed by atoms with Crippen molar-refractivity contribution in [3.8, 4) is 0 Å². The van der Waals surface area contributed by atoms with E-state index >= 15 is 0 Å². The van der Waals surface area contributed by atoms with Gasteiger partial charge in [-0.05, 0) is 51.0 Å². The molecule has 2 aromatic rings. The van der Waals surface area contributed by atoms with Gasteiger partial charge in [0.15, 0.2) is 4.90 Å². The molecule has 5 heteroatoms. The maximum Gasteiger partial charge on any atom is 0.240 e. The highest BCUT2D eigenvalue weighted by Gasteiger charge is 2.29. The summed E-state index contributed by atoms with van der Waals surface area (Å²) in [5.41, 5.74) is 2.31. The summed E-state index contributed by atoms with van der Waals surface area (Å²) in [7, 11) is -3.48. The van der Waals surface area contributed by atoms with Gasteiger partial charge in [0.2, 0.25) is 10.0 Å². The Balaban J connectivity index is 2.09. The molecule has 1 N–H and O–H groups in total. The zero-order valence-corrected chi connectivity index (χ0v) is 19.2. The topological polar surface area (TPSA) is 46.2 Å². The Hall–Kier alpha value is -1.30. The van der Waals surface area contributed by atoms with Crippen molar-refractivity contribution in [3.63, 3.8) is 0 Å². The summed E-state index contributed by atoms with van der Waals surface area (Å²) in [6.45, 7) is 6.75. The quantitative estimate of drug-likeness (QED) is 0.400. The molecule has 1 unspecified atom stereocenters. The van der Waals surface area contributed by atoms with Crippen molar-refractivity contribution in [2.45, 2.75) is 67.9 Å². The van der Waals surface area contributed by atoms with Crippen molar-refractivity contribution in [2.75, 3.05) is 12.8 Å². The van der Waals surface area contributed by atoms with Gasteiger partial charge in [-0.15, -0.1) is 0 Å². The number of nitrogens with one attached hydrogen (secondary N) is 1. The van der Waals surface area contributed by atoms with Crippen molar-refractivity contribution < 1.29 is 8.42 Å². The standard InChI is InChI=1S/C23H34NO2S2/c1-5-6-7-8-9-22(27(4)21-14-10-19(2)11-15-21)18-24-28(25,26)23-16-12-20(3)13-17-23/h10-17,22,24H,5-9,18H2,1-4H3/q+1/t22-,27?/m0/s1. The van der Waals surface area contributed by atoms with E-state index in [1.54, 1.807) is 12.1 Å². The fourth-order valence-corrected chi connectivity index (χ4v) is 6.14. The summed E-state index contributed by atoms with van der Waals surface area (Å²) in [5.74, 6) is 0. The minimum Gasteiger partial charge on any atom is -0.207 e. The van der Waals surface area contributed by atoms with Gasteiger partial charge in [-0.3, -0.25) is 0 Å². The highest BCUT2D eigenvalue weighted by atomic mass is 32.2. The zero-order chi connectivity index (χ0) is 20.6. The average molecular weight is 421 g/mol. The van der Waals surface area contributed by atoms with E-state index in [1.807, 2.05) is 19.1 Å². The van der Waals surface area contributed by atoms with Crippen molar-refractivity contribution in [2.24, 2.45) is 0 Å². The monoisotopic (exact) mass is 420 g/mol. The Bertz CT molecular complexity index is 815. The van der Waals surface area contributed by atoms with Crippen LogP contribution >= 0.6 is 0 Å². The molecule has 0 spiro atoms. The first-order valence-corrected chi connectivity index (χ1v) is 13.3. The molecule has 0 aliphatic rings. The van der Waals surface area contributed by atoms with Gasteiger partial charge >= 0.3 is 0 Å². The Morgan fingerprint density at radius 1 is 0.893 bits per heavy atom. The minimum atomic E-state index is -3.48. The van der Waals surface area contributed by atoms with E-state index in [0.717, 1.165) is 18.4 Å². The van der Waals surface area contributed by atoms with E-state index in [2.05, 4.69) is 49.1 Å². The van der Waals surface area contributed by atoms with Gasteiger partial charge in [-0.1, -0.05) is 61.6 Å². The number of rotatable bonds is 11.